The number of thiophene rings is 1. The summed E-state index contributed by atoms with van der Waals surface area (Å²) in [4.78, 5) is 40.8. The zero-order chi connectivity index (χ0) is 23.8. The van der Waals surface area contributed by atoms with Gasteiger partial charge in [0, 0.05) is 24.1 Å². The van der Waals surface area contributed by atoms with Gasteiger partial charge in [0.15, 0.2) is 0 Å². The topological polar surface area (TPSA) is 132 Å². The molecule has 5 N–H and O–H groups in total. The van der Waals surface area contributed by atoms with E-state index in [9.17, 15) is 9.59 Å². The molecule has 0 aliphatic carbocycles. The van der Waals surface area contributed by atoms with Gasteiger partial charge in [-0.25, -0.2) is 0 Å². The molecule has 174 valence electrons. The van der Waals surface area contributed by atoms with Crippen LogP contribution in [0.15, 0.2) is 41.9 Å². The van der Waals surface area contributed by atoms with E-state index < -0.39 is 5.91 Å². The number of nitrogens with one attached hydrogen (secondary N) is 3. The first kappa shape index (κ1) is 21.9. The molecule has 0 atom stereocenters. The lowest BCUT2D eigenvalue weighted by Crippen LogP contribution is -2.36. The van der Waals surface area contributed by atoms with Gasteiger partial charge in [0.1, 0.15) is 16.3 Å². The van der Waals surface area contributed by atoms with Crippen molar-refractivity contribution in [3.63, 3.8) is 0 Å². The molecule has 10 nitrogen and oxygen atoms in total. The van der Waals surface area contributed by atoms with E-state index >= 15 is 0 Å². The minimum atomic E-state index is -0.498. The Morgan fingerprint density at radius 3 is 2.85 bits per heavy atom. The number of fused-ring (bicyclic) bond motifs is 2. The normalized spacial score (nSPS) is 12.9. The highest BCUT2D eigenvalue weighted by molar-refractivity contribution is 7.12. The Bertz CT molecular complexity index is 1390. The van der Waals surface area contributed by atoms with Crippen LogP contribution in [0.3, 0.4) is 0 Å². The third kappa shape index (κ3) is 4.18. The highest BCUT2D eigenvalue weighted by atomic mass is 32.1. The number of amides is 2. The summed E-state index contributed by atoms with van der Waals surface area (Å²) in [7, 11) is 3.77. The molecule has 1 aliphatic rings. The SMILES string of the molecule is CN(C)CC(=O)N1CCc2ccc(Nc3nc(Nc4ccsc4C(N)=O)c4cc[nH]c4n3)cc21. The van der Waals surface area contributed by atoms with Crippen LogP contribution >= 0.6 is 11.3 Å². The number of nitrogens with zero attached hydrogens (tertiary/aromatic N) is 4. The Balaban J connectivity index is 1.44. The molecule has 0 saturated carbocycles. The summed E-state index contributed by atoms with van der Waals surface area (Å²) >= 11 is 1.27. The van der Waals surface area contributed by atoms with Gasteiger partial charge in [-0.05, 0) is 55.7 Å². The van der Waals surface area contributed by atoms with E-state index in [1.54, 1.807) is 17.6 Å². The van der Waals surface area contributed by atoms with E-state index in [-0.39, 0.29) is 5.91 Å². The molecular formula is C23H24N8O2S. The maximum atomic E-state index is 12.7. The summed E-state index contributed by atoms with van der Waals surface area (Å²) in [5.41, 5.74) is 9.54. The van der Waals surface area contributed by atoms with Crippen molar-refractivity contribution in [1.29, 1.82) is 0 Å². The maximum absolute atomic E-state index is 12.7. The molecule has 1 aliphatic heterocycles. The number of primary amides is 1. The van der Waals surface area contributed by atoms with E-state index in [1.807, 2.05) is 48.2 Å². The van der Waals surface area contributed by atoms with Crippen molar-refractivity contribution >= 4 is 63.0 Å². The zero-order valence-electron chi connectivity index (χ0n) is 18.8. The summed E-state index contributed by atoms with van der Waals surface area (Å²) in [5.74, 6) is 0.482. The van der Waals surface area contributed by atoms with Crippen LogP contribution in [-0.2, 0) is 11.2 Å². The molecule has 0 bridgehead atoms. The molecule has 34 heavy (non-hydrogen) atoms. The average molecular weight is 477 g/mol. The molecular weight excluding hydrogens is 452 g/mol. The van der Waals surface area contributed by atoms with Crippen molar-refractivity contribution in [2.75, 3.05) is 42.7 Å². The summed E-state index contributed by atoms with van der Waals surface area (Å²) in [6.07, 6.45) is 2.61. The lowest BCUT2D eigenvalue weighted by molar-refractivity contribution is -0.119. The predicted octanol–water partition coefficient (Wildman–Crippen LogP) is 3.06. The van der Waals surface area contributed by atoms with E-state index in [4.69, 9.17) is 5.73 Å². The van der Waals surface area contributed by atoms with E-state index in [2.05, 4.69) is 25.6 Å². The standard InChI is InChI=1S/C23H24N8O2S/c1-30(2)12-18(32)31-9-6-13-3-4-14(11-17(13)31)26-23-28-21-15(5-8-25-21)22(29-23)27-16-7-10-34-19(16)20(24)33/h3-5,7-8,10-11H,6,9,12H2,1-2H3,(H2,24,33)(H3,25,26,27,28,29). The van der Waals surface area contributed by atoms with Crippen LogP contribution in [0.4, 0.5) is 28.8 Å². The number of H-pyrrole nitrogens is 1. The van der Waals surface area contributed by atoms with Gasteiger partial charge in [-0.1, -0.05) is 6.07 Å². The molecule has 4 aromatic rings. The smallest absolute Gasteiger partial charge is 0.260 e. The number of benzene rings is 1. The molecule has 0 fully saturated rings. The lowest BCUT2D eigenvalue weighted by atomic mass is 10.1. The molecule has 4 heterocycles. The summed E-state index contributed by atoms with van der Waals surface area (Å²) in [6.45, 7) is 1.03. The Labute approximate surface area is 199 Å². The third-order valence-electron chi connectivity index (χ3n) is 5.55. The van der Waals surface area contributed by atoms with Gasteiger partial charge in [-0.2, -0.15) is 9.97 Å². The lowest BCUT2D eigenvalue weighted by Gasteiger charge is -2.20. The Morgan fingerprint density at radius 2 is 2.06 bits per heavy atom. The Kier molecular flexibility index (Phi) is 5.64. The fourth-order valence-electron chi connectivity index (χ4n) is 4.02. The van der Waals surface area contributed by atoms with Crippen LogP contribution < -0.4 is 21.3 Å². The van der Waals surface area contributed by atoms with Crippen LogP contribution in [-0.4, -0.2) is 58.9 Å². The minimum Gasteiger partial charge on any atom is -0.365 e. The third-order valence-corrected chi connectivity index (χ3v) is 6.48. The van der Waals surface area contributed by atoms with Crippen LogP contribution in [0, 0.1) is 0 Å². The molecule has 0 radical (unpaired) electrons. The first-order valence-electron chi connectivity index (χ1n) is 10.7. The van der Waals surface area contributed by atoms with Crippen molar-refractivity contribution in [3.8, 4) is 0 Å². The highest BCUT2D eigenvalue weighted by Gasteiger charge is 2.25. The maximum Gasteiger partial charge on any atom is 0.260 e. The largest absolute Gasteiger partial charge is 0.365 e. The van der Waals surface area contributed by atoms with Crippen LogP contribution in [0.1, 0.15) is 15.2 Å². The van der Waals surface area contributed by atoms with Gasteiger partial charge in [-0.15, -0.1) is 11.3 Å². The van der Waals surface area contributed by atoms with Gasteiger partial charge in [-0.3, -0.25) is 9.59 Å². The molecule has 1 aromatic carbocycles. The first-order valence-corrected chi connectivity index (χ1v) is 11.6. The van der Waals surface area contributed by atoms with Gasteiger partial charge < -0.3 is 31.2 Å². The molecule has 11 heteroatoms. The number of likely N-dealkylation sites (N-methyl/N-ethyl adjacent to an activating group) is 1. The fraction of sp³-hybridized carbons (Fsp3) is 0.217. The number of hydrogen-bond donors (Lipinski definition) is 4. The van der Waals surface area contributed by atoms with Crippen molar-refractivity contribution < 1.29 is 9.59 Å². The Hall–Kier alpha value is -3.96. The second-order valence-corrected chi connectivity index (χ2v) is 9.21. The summed E-state index contributed by atoms with van der Waals surface area (Å²) in [5, 5.41) is 9.04. The van der Waals surface area contributed by atoms with Crippen LogP contribution in [0.5, 0.6) is 0 Å². The second-order valence-electron chi connectivity index (χ2n) is 8.29. The zero-order valence-corrected chi connectivity index (χ0v) is 19.6. The number of anilines is 5. The van der Waals surface area contributed by atoms with Crippen molar-refractivity contribution in [2.24, 2.45) is 5.73 Å². The number of carbonyl (C=O) groups is 2. The van der Waals surface area contributed by atoms with Crippen LogP contribution in [0.2, 0.25) is 0 Å². The predicted molar refractivity (Wildman–Crippen MR) is 134 cm³/mol. The quantitative estimate of drug-likeness (QED) is 0.322. The van der Waals surface area contributed by atoms with E-state index in [1.165, 1.54) is 11.3 Å². The molecule has 5 rings (SSSR count). The second kappa shape index (κ2) is 8.76. The monoisotopic (exact) mass is 476 g/mol. The fourth-order valence-corrected chi connectivity index (χ4v) is 4.72. The number of rotatable bonds is 7. The van der Waals surface area contributed by atoms with Gasteiger partial charge in [0.25, 0.3) is 5.91 Å². The molecule has 0 saturated heterocycles. The molecule has 0 unspecified atom stereocenters. The number of hydrogen-bond acceptors (Lipinski definition) is 8. The molecule has 3 aromatic heterocycles. The number of carbonyl (C=O) groups excluding carboxylic acids is 2. The number of aromatic amines is 1. The van der Waals surface area contributed by atoms with Crippen molar-refractivity contribution in [1.82, 2.24) is 19.9 Å². The average Bonchev–Trinajstić information content (AvgIpc) is 3.52. The van der Waals surface area contributed by atoms with Gasteiger partial charge >= 0.3 is 0 Å². The number of aromatic nitrogens is 3. The van der Waals surface area contributed by atoms with Crippen molar-refractivity contribution in [2.45, 2.75) is 6.42 Å². The van der Waals surface area contributed by atoms with Gasteiger partial charge in [0.05, 0.1) is 17.6 Å². The number of nitrogens with two attached hydrogens (primary N) is 1. The molecule has 0 spiro atoms. The van der Waals surface area contributed by atoms with E-state index in [0.717, 1.165) is 28.7 Å². The Morgan fingerprint density at radius 1 is 1.21 bits per heavy atom. The minimum absolute atomic E-state index is 0.0671. The first-order chi connectivity index (χ1) is 16.4. The highest BCUT2D eigenvalue weighted by Crippen LogP contribution is 2.33. The van der Waals surface area contributed by atoms with Crippen LogP contribution in [0.25, 0.3) is 11.0 Å². The molecule has 2 amide bonds. The summed E-state index contributed by atoms with van der Waals surface area (Å²) < 4.78 is 0. The van der Waals surface area contributed by atoms with Crippen molar-refractivity contribution in [3.05, 3.63) is 52.3 Å². The van der Waals surface area contributed by atoms with Gasteiger partial charge in [0.2, 0.25) is 11.9 Å². The van der Waals surface area contributed by atoms with E-state index in [0.29, 0.717) is 41.1 Å². The summed E-state index contributed by atoms with van der Waals surface area (Å²) in [6, 6.07) is 9.59.